The van der Waals surface area contributed by atoms with Crippen LogP contribution in [0.1, 0.15) is 54.5 Å². The SMILES string of the molecule is CCn1nc2c(c1N=C1NC(C)=NC3Nc4cc(-c5c(C)noc5C)c(OC)cc4C13)CCC2. The van der Waals surface area contributed by atoms with Crippen LogP contribution >= 0.6 is 0 Å². The first-order valence-corrected chi connectivity index (χ1v) is 11.9. The van der Waals surface area contributed by atoms with E-state index in [0.717, 1.165) is 82.9 Å². The highest BCUT2D eigenvalue weighted by Crippen LogP contribution is 2.46. The summed E-state index contributed by atoms with van der Waals surface area (Å²) in [6, 6.07) is 4.22. The Kier molecular flexibility index (Phi) is 4.75. The molecule has 0 bridgehead atoms. The Morgan fingerprint density at radius 3 is 2.82 bits per heavy atom. The number of amidine groups is 2. The predicted molar refractivity (Wildman–Crippen MR) is 131 cm³/mol. The van der Waals surface area contributed by atoms with Gasteiger partial charge >= 0.3 is 0 Å². The van der Waals surface area contributed by atoms with Crippen LogP contribution in [-0.4, -0.2) is 39.9 Å². The minimum atomic E-state index is -0.134. The second-order valence-electron chi connectivity index (χ2n) is 9.16. The van der Waals surface area contributed by atoms with Gasteiger partial charge in [0.2, 0.25) is 0 Å². The molecule has 0 fully saturated rings. The van der Waals surface area contributed by atoms with E-state index < -0.39 is 0 Å². The van der Waals surface area contributed by atoms with E-state index in [9.17, 15) is 0 Å². The molecule has 1 aliphatic carbocycles. The van der Waals surface area contributed by atoms with E-state index in [-0.39, 0.29) is 12.1 Å². The number of benzene rings is 1. The highest BCUT2D eigenvalue weighted by molar-refractivity contribution is 6.08. The number of rotatable bonds is 4. The maximum atomic E-state index is 5.84. The summed E-state index contributed by atoms with van der Waals surface area (Å²) in [5.74, 6) is 4.20. The third-order valence-corrected chi connectivity index (χ3v) is 7.04. The van der Waals surface area contributed by atoms with E-state index in [1.54, 1.807) is 7.11 Å². The molecule has 0 amide bonds. The van der Waals surface area contributed by atoms with Crippen LogP contribution in [0.3, 0.4) is 0 Å². The van der Waals surface area contributed by atoms with Crippen molar-refractivity contribution < 1.29 is 9.26 Å². The minimum absolute atomic E-state index is 0.0522. The molecular weight excluding hydrogens is 430 g/mol. The quantitative estimate of drug-likeness (QED) is 0.605. The van der Waals surface area contributed by atoms with E-state index in [0.29, 0.717) is 0 Å². The summed E-state index contributed by atoms with van der Waals surface area (Å²) in [4.78, 5) is 10.0. The summed E-state index contributed by atoms with van der Waals surface area (Å²) in [5.41, 5.74) is 7.36. The van der Waals surface area contributed by atoms with Crippen molar-refractivity contribution in [3.63, 3.8) is 0 Å². The fourth-order valence-corrected chi connectivity index (χ4v) is 5.52. The number of hydrogen-bond donors (Lipinski definition) is 2. The van der Waals surface area contributed by atoms with Crippen LogP contribution in [0.5, 0.6) is 5.75 Å². The van der Waals surface area contributed by atoms with Gasteiger partial charge in [0.1, 0.15) is 29.3 Å². The minimum Gasteiger partial charge on any atom is -0.496 e. The zero-order valence-corrected chi connectivity index (χ0v) is 20.2. The van der Waals surface area contributed by atoms with Gasteiger partial charge in [-0.1, -0.05) is 5.16 Å². The van der Waals surface area contributed by atoms with Crippen molar-refractivity contribution in [3.8, 4) is 16.9 Å². The number of aromatic nitrogens is 3. The Hall–Kier alpha value is -3.62. The molecule has 0 radical (unpaired) electrons. The highest BCUT2D eigenvalue weighted by atomic mass is 16.5. The van der Waals surface area contributed by atoms with Gasteiger partial charge in [-0.3, -0.25) is 0 Å². The molecule has 34 heavy (non-hydrogen) atoms. The van der Waals surface area contributed by atoms with Crippen LogP contribution in [0.25, 0.3) is 11.1 Å². The van der Waals surface area contributed by atoms with Gasteiger partial charge < -0.3 is 19.9 Å². The summed E-state index contributed by atoms with van der Waals surface area (Å²) in [7, 11) is 1.70. The Morgan fingerprint density at radius 2 is 2.09 bits per heavy atom. The molecule has 3 aromatic rings. The first-order chi connectivity index (χ1) is 16.5. The summed E-state index contributed by atoms with van der Waals surface area (Å²) >= 11 is 0. The normalized spacial score (nSPS) is 21.6. The number of methoxy groups -OCH3 is 1. The lowest BCUT2D eigenvalue weighted by Crippen LogP contribution is -2.43. The van der Waals surface area contributed by atoms with Gasteiger partial charge in [-0.05, 0) is 64.7 Å². The second-order valence-corrected chi connectivity index (χ2v) is 9.16. The van der Waals surface area contributed by atoms with Crippen LogP contribution in [0.15, 0.2) is 26.6 Å². The fraction of sp³-hybridized carbons (Fsp3) is 0.440. The largest absolute Gasteiger partial charge is 0.496 e. The Labute approximate surface area is 198 Å². The van der Waals surface area contributed by atoms with E-state index in [1.807, 2.05) is 25.5 Å². The number of nitrogens with one attached hydrogen (secondary N) is 2. The third kappa shape index (κ3) is 3.06. The van der Waals surface area contributed by atoms with Crippen molar-refractivity contribution in [2.75, 3.05) is 12.4 Å². The molecule has 2 atom stereocenters. The number of nitrogens with zero attached hydrogens (tertiary/aromatic N) is 5. The van der Waals surface area contributed by atoms with Crippen LogP contribution in [0.4, 0.5) is 11.5 Å². The molecule has 9 nitrogen and oxygen atoms in total. The Morgan fingerprint density at radius 1 is 1.24 bits per heavy atom. The first-order valence-electron chi connectivity index (χ1n) is 11.9. The van der Waals surface area contributed by atoms with Crippen LogP contribution < -0.4 is 15.4 Å². The zero-order chi connectivity index (χ0) is 23.6. The van der Waals surface area contributed by atoms with Crippen molar-refractivity contribution in [1.82, 2.24) is 20.3 Å². The molecule has 4 heterocycles. The van der Waals surface area contributed by atoms with Gasteiger partial charge in [-0.15, -0.1) is 0 Å². The molecule has 0 spiro atoms. The molecule has 2 aromatic heterocycles. The first kappa shape index (κ1) is 20.9. The lowest BCUT2D eigenvalue weighted by Gasteiger charge is -2.26. The monoisotopic (exact) mass is 459 g/mol. The molecule has 2 unspecified atom stereocenters. The molecule has 0 saturated heterocycles. The summed E-state index contributed by atoms with van der Waals surface area (Å²) in [6.45, 7) is 8.76. The Balaban J connectivity index is 1.49. The van der Waals surface area contributed by atoms with Gasteiger partial charge in [0.15, 0.2) is 5.82 Å². The van der Waals surface area contributed by atoms with E-state index in [2.05, 4.69) is 34.8 Å². The summed E-state index contributed by atoms with van der Waals surface area (Å²) in [5, 5.41) is 16.0. The summed E-state index contributed by atoms with van der Waals surface area (Å²) in [6.07, 6.45) is 3.08. The van der Waals surface area contributed by atoms with Crippen molar-refractivity contribution in [2.45, 2.75) is 65.6 Å². The molecule has 3 aliphatic rings. The topological polar surface area (TPSA) is 102 Å². The van der Waals surface area contributed by atoms with Crippen molar-refractivity contribution in [1.29, 1.82) is 0 Å². The molecule has 6 rings (SSSR count). The number of aliphatic imine (C=N–C) groups is 2. The molecule has 1 aromatic carbocycles. The number of aryl methyl sites for hydroxylation is 4. The predicted octanol–water partition coefficient (Wildman–Crippen LogP) is 4.26. The van der Waals surface area contributed by atoms with Gasteiger partial charge in [0.05, 0.1) is 30.0 Å². The maximum absolute atomic E-state index is 5.84. The van der Waals surface area contributed by atoms with E-state index in [4.69, 9.17) is 24.3 Å². The Bertz CT molecular complexity index is 1340. The maximum Gasteiger partial charge on any atom is 0.156 e. The zero-order valence-electron chi connectivity index (χ0n) is 20.2. The van der Waals surface area contributed by atoms with Crippen molar-refractivity contribution in [3.05, 3.63) is 40.4 Å². The summed E-state index contributed by atoms with van der Waals surface area (Å²) < 4.78 is 13.3. The number of ether oxygens (including phenoxy) is 1. The van der Waals surface area contributed by atoms with Crippen molar-refractivity contribution in [2.24, 2.45) is 9.98 Å². The standard InChI is InChI=1S/C25H29N7O2/c1-6-32-25(15-8-7-9-18(15)30-32)29-24-22-16-11-20(33-5)17(21-12(2)31-34-13(21)3)10-19(16)28-23(22)26-14(4)27-24/h10-11,22-23,28H,6-9H2,1-5H3,(H,26,27,29). The second kappa shape index (κ2) is 7.72. The van der Waals surface area contributed by atoms with Gasteiger partial charge in [0.25, 0.3) is 0 Å². The van der Waals surface area contributed by atoms with Crippen molar-refractivity contribution >= 4 is 23.2 Å². The highest BCUT2D eigenvalue weighted by Gasteiger charge is 2.40. The molecule has 0 saturated carbocycles. The van der Waals surface area contributed by atoms with Crippen LogP contribution in [0.2, 0.25) is 0 Å². The van der Waals surface area contributed by atoms with Crippen LogP contribution in [-0.2, 0) is 19.4 Å². The molecule has 2 N–H and O–H groups in total. The number of hydrogen-bond acceptors (Lipinski definition) is 7. The molecule has 2 aliphatic heterocycles. The van der Waals surface area contributed by atoms with Gasteiger partial charge in [-0.2, -0.15) is 5.10 Å². The average molecular weight is 460 g/mol. The molecule has 176 valence electrons. The lowest BCUT2D eigenvalue weighted by atomic mass is 9.93. The average Bonchev–Trinajstić information content (AvgIpc) is 3.56. The molecule has 9 heteroatoms. The number of anilines is 1. The van der Waals surface area contributed by atoms with Gasteiger partial charge in [-0.25, -0.2) is 14.7 Å². The van der Waals surface area contributed by atoms with Crippen LogP contribution in [0, 0.1) is 13.8 Å². The third-order valence-electron chi connectivity index (χ3n) is 7.04. The lowest BCUT2D eigenvalue weighted by molar-refractivity contribution is 0.393. The smallest absolute Gasteiger partial charge is 0.156 e. The van der Waals surface area contributed by atoms with E-state index in [1.165, 1.54) is 11.3 Å². The number of fused-ring (bicyclic) bond motifs is 4. The fourth-order valence-electron chi connectivity index (χ4n) is 5.52. The molecular formula is C25H29N7O2. The van der Waals surface area contributed by atoms with E-state index >= 15 is 0 Å². The van der Waals surface area contributed by atoms with Gasteiger partial charge in [0, 0.05) is 23.4 Å².